The third kappa shape index (κ3) is 3.29. The Kier molecular flexibility index (Phi) is 4.91. The number of hydrogen-bond acceptors (Lipinski definition) is 6. The van der Waals surface area contributed by atoms with Gasteiger partial charge in [0.1, 0.15) is 0 Å². The van der Waals surface area contributed by atoms with Crippen LogP contribution in [-0.2, 0) is 13.1 Å². The molecule has 0 unspecified atom stereocenters. The molecular formula is C19H18N4O4S. The van der Waals surface area contributed by atoms with Crippen molar-refractivity contribution in [2.45, 2.75) is 31.6 Å². The highest BCUT2D eigenvalue weighted by Gasteiger charge is 2.14. The molecule has 4 rings (SSSR count). The quantitative estimate of drug-likeness (QED) is 0.202. The number of nitro benzene ring substituents is 1. The number of nitrogens with zero attached hydrogens (tertiary/aromatic N) is 4. The van der Waals surface area contributed by atoms with Gasteiger partial charge in [-0.1, -0.05) is 23.9 Å². The van der Waals surface area contributed by atoms with Gasteiger partial charge in [-0.15, -0.1) is 0 Å². The number of fused-ring (bicyclic) bond motifs is 2. The Balaban J connectivity index is 1.49. The highest BCUT2D eigenvalue weighted by atomic mass is 32.2. The van der Waals surface area contributed by atoms with Crippen LogP contribution in [0.5, 0.6) is 0 Å². The van der Waals surface area contributed by atoms with Gasteiger partial charge in [0.15, 0.2) is 10.7 Å². The van der Waals surface area contributed by atoms with Crippen LogP contribution >= 0.6 is 11.8 Å². The maximum Gasteiger partial charge on any atom is 0.419 e. The van der Waals surface area contributed by atoms with E-state index in [4.69, 9.17) is 4.42 Å². The number of rotatable bonds is 7. The van der Waals surface area contributed by atoms with E-state index in [0.717, 1.165) is 28.5 Å². The summed E-state index contributed by atoms with van der Waals surface area (Å²) in [5.74, 6) is 0.262. The van der Waals surface area contributed by atoms with E-state index in [9.17, 15) is 14.9 Å². The number of para-hydroxylation sites is 2. The van der Waals surface area contributed by atoms with Crippen LogP contribution in [-0.4, -0.2) is 24.8 Å². The standard InChI is InChI=1S/C19H18N4O4S/c1-2-21-15-7-4-3-6-14(15)20-18(21)28-11-5-10-22-16-12-13(23(25)26)8-9-17(16)27-19(22)24/h3-4,6-9,12H,2,5,10-11H2,1H3. The SMILES string of the molecule is CCn1c(SCCCn2c(=O)oc3ccc([N+](=O)[O-])cc32)nc2ccccc21. The number of benzene rings is 2. The van der Waals surface area contributed by atoms with Gasteiger partial charge in [-0.3, -0.25) is 14.7 Å². The van der Waals surface area contributed by atoms with Crippen LogP contribution in [0, 0.1) is 10.1 Å². The van der Waals surface area contributed by atoms with Crippen LogP contribution in [0.4, 0.5) is 5.69 Å². The van der Waals surface area contributed by atoms with Crippen molar-refractivity contribution in [2.24, 2.45) is 0 Å². The molecule has 0 aliphatic rings. The van der Waals surface area contributed by atoms with E-state index in [2.05, 4.69) is 22.5 Å². The summed E-state index contributed by atoms with van der Waals surface area (Å²) in [7, 11) is 0. The highest BCUT2D eigenvalue weighted by molar-refractivity contribution is 7.99. The molecule has 2 heterocycles. The lowest BCUT2D eigenvalue weighted by atomic mass is 10.3. The van der Waals surface area contributed by atoms with Crippen molar-refractivity contribution in [3.05, 3.63) is 63.1 Å². The Hall–Kier alpha value is -3.07. The highest BCUT2D eigenvalue weighted by Crippen LogP contribution is 2.25. The van der Waals surface area contributed by atoms with Crippen LogP contribution in [0.25, 0.3) is 22.1 Å². The number of nitro groups is 1. The number of aryl methyl sites for hydroxylation is 2. The van der Waals surface area contributed by atoms with Gasteiger partial charge in [0.2, 0.25) is 0 Å². The topological polar surface area (TPSA) is 96.1 Å². The number of aromatic nitrogens is 3. The molecular weight excluding hydrogens is 380 g/mol. The Morgan fingerprint density at radius 1 is 1.18 bits per heavy atom. The van der Waals surface area contributed by atoms with Gasteiger partial charge in [-0.25, -0.2) is 9.78 Å². The number of non-ortho nitro benzene ring substituents is 1. The molecule has 0 saturated carbocycles. The summed E-state index contributed by atoms with van der Waals surface area (Å²) in [5, 5.41) is 11.9. The van der Waals surface area contributed by atoms with Crippen LogP contribution in [0.3, 0.4) is 0 Å². The van der Waals surface area contributed by atoms with Crippen LogP contribution in [0.2, 0.25) is 0 Å². The molecule has 2 aromatic heterocycles. The summed E-state index contributed by atoms with van der Waals surface area (Å²) in [6, 6.07) is 12.2. The summed E-state index contributed by atoms with van der Waals surface area (Å²) in [6.07, 6.45) is 0.703. The minimum atomic E-state index is -0.499. The summed E-state index contributed by atoms with van der Waals surface area (Å²) < 4.78 is 8.81. The number of imidazole rings is 1. The molecule has 144 valence electrons. The molecule has 0 spiro atoms. The number of thioether (sulfide) groups is 1. The first kappa shape index (κ1) is 18.3. The zero-order chi connectivity index (χ0) is 19.7. The van der Waals surface area contributed by atoms with Crippen LogP contribution < -0.4 is 5.76 Å². The second-order valence-corrected chi connectivity index (χ2v) is 7.32. The van der Waals surface area contributed by atoms with Gasteiger partial charge in [-0.05, 0) is 31.5 Å². The second-order valence-electron chi connectivity index (χ2n) is 6.26. The second kappa shape index (κ2) is 7.51. The van der Waals surface area contributed by atoms with Gasteiger partial charge in [0.05, 0.1) is 21.5 Å². The summed E-state index contributed by atoms with van der Waals surface area (Å²) in [6.45, 7) is 3.34. The molecule has 0 fully saturated rings. The molecule has 2 aromatic carbocycles. The molecule has 4 aromatic rings. The van der Waals surface area contributed by atoms with E-state index >= 15 is 0 Å². The maximum atomic E-state index is 12.1. The van der Waals surface area contributed by atoms with Crippen molar-refractivity contribution in [3.63, 3.8) is 0 Å². The molecule has 0 bridgehead atoms. The summed E-state index contributed by atoms with van der Waals surface area (Å²) in [5.41, 5.74) is 2.82. The average Bonchev–Trinajstić information content (AvgIpc) is 3.20. The lowest BCUT2D eigenvalue weighted by Crippen LogP contribution is -2.14. The first-order valence-electron chi connectivity index (χ1n) is 8.94. The monoisotopic (exact) mass is 398 g/mol. The van der Waals surface area contributed by atoms with Crippen LogP contribution in [0.15, 0.2) is 56.8 Å². The lowest BCUT2D eigenvalue weighted by molar-refractivity contribution is -0.384. The largest absolute Gasteiger partial charge is 0.419 e. The number of hydrogen-bond donors (Lipinski definition) is 0. The predicted molar refractivity (Wildman–Crippen MR) is 108 cm³/mol. The lowest BCUT2D eigenvalue weighted by Gasteiger charge is -2.06. The Morgan fingerprint density at radius 2 is 2.00 bits per heavy atom. The maximum absolute atomic E-state index is 12.1. The van der Waals surface area contributed by atoms with Crippen LogP contribution in [0.1, 0.15) is 13.3 Å². The van der Waals surface area contributed by atoms with E-state index in [-0.39, 0.29) is 5.69 Å². The fourth-order valence-corrected chi connectivity index (χ4v) is 4.23. The van der Waals surface area contributed by atoms with Gasteiger partial charge < -0.3 is 8.98 Å². The van der Waals surface area contributed by atoms with E-state index in [1.54, 1.807) is 11.8 Å². The molecule has 0 N–H and O–H groups in total. The minimum Gasteiger partial charge on any atom is -0.408 e. The number of oxazole rings is 1. The molecule has 0 aliphatic heterocycles. The Morgan fingerprint density at radius 3 is 2.79 bits per heavy atom. The summed E-state index contributed by atoms with van der Waals surface area (Å²) >= 11 is 1.64. The van der Waals surface area contributed by atoms with Crippen molar-refractivity contribution < 1.29 is 9.34 Å². The smallest absolute Gasteiger partial charge is 0.408 e. The van der Waals surface area contributed by atoms with E-state index in [1.807, 2.05) is 18.2 Å². The first-order chi connectivity index (χ1) is 13.6. The van der Waals surface area contributed by atoms with Gasteiger partial charge >= 0.3 is 5.76 Å². The molecule has 8 nitrogen and oxygen atoms in total. The fraction of sp³-hybridized carbons (Fsp3) is 0.263. The molecule has 0 atom stereocenters. The average molecular weight is 398 g/mol. The van der Waals surface area contributed by atoms with Crippen molar-refractivity contribution in [1.29, 1.82) is 0 Å². The Labute approximate surface area is 163 Å². The van der Waals surface area contributed by atoms with Gasteiger partial charge in [0, 0.05) is 31.0 Å². The Bertz CT molecular complexity index is 1220. The first-order valence-corrected chi connectivity index (χ1v) is 9.93. The summed E-state index contributed by atoms with van der Waals surface area (Å²) in [4.78, 5) is 27.3. The molecule has 0 aliphatic carbocycles. The molecule has 0 amide bonds. The molecule has 9 heteroatoms. The van der Waals surface area contributed by atoms with E-state index < -0.39 is 10.7 Å². The fourth-order valence-electron chi connectivity index (χ4n) is 3.23. The zero-order valence-electron chi connectivity index (χ0n) is 15.2. The van der Waals surface area contributed by atoms with Gasteiger partial charge in [-0.2, -0.15) is 0 Å². The van der Waals surface area contributed by atoms with Crippen molar-refractivity contribution >= 4 is 39.6 Å². The van der Waals surface area contributed by atoms with E-state index in [0.29, 0.717) is 24.1 Å². The van der Waals surface area contributed by atoms with E-state index in [1.165, 1.54) is 22.8 Å². The molecule has 28 heavy (non-hydrogen) atoms. The van der Waals surface area contributed by atoms with Crippen molar-refractivity contribution in [3.8, 4) is 0 Å². The zero-order valence-corrected chi connectivity index (χ0v) is 16.0. The van der Waals surface area contributed by atoms with Crippen molar-refractivity contribution in [1.82, 2.24) is 14.1 Å². The molecule has 0 radical (unpaired) electrons. The minimum absolute atomic E-state index is 0.0620. The predicted octanol–water partition coefficient (Wildman–Crippen LogP) is 4.05. The van der Waals surface area contributed by atoms with Gasteiger partial charge in [0.25, 0.3) is 5.69 Å². The third-order valence-corrected chi connectivity index (χ3v) is 5.62. The normalized spacial score (nSPS) is 11.5. The molecule has 0 saturated heterocycles. The third-order valence-electron chi connectivity index (χ3n) is 4.55. The van der Waals surface area contributed by atoms with Crippen molar-refractivity contribution in [2.75, 3.05) is 5.75 Å².